The summed E-state index contributed by atoms with van der Waals surface area (Å²) < 4.78 is 40.7. The molecule has 0 bridgehead atoms. The molecule has 0 aliphatic carbocycles. The second-order valence-corrected chi connectivity index (χ2v) is 7.86. The molecule has 3 rings (SSSR count). The Bertz CT molecular complexity index is 989. The summed E-state index contributed by atoms with van der Waals surface area (Å²) in [6.45, 7) is 1.98. The molecule has 0 aromatic heterocycles. The number of halogens is 1. The number of carbonyl (C=O) groups excluding carboxylic acids is 1. The van der Waals surface area contributed by atoms with Gasteiger partial charge in [-0.3, -0.25) is 14.5 Å². The normalized spacial score (nSPS) is 17.2. The zero-order valence-corrected chi connectivity index (χ0v) is 15.6. The van der Waals surface area contributed by atoms with Gasteiger partial charge in [0.05, 0.1) is 10.6 Å². The highest BCUT2D eigenvalue weighted by molar-refractivity contribution is 7.90. The Balaban J connectivity index is 1.91. The van der Waals surface area contributed by atoms with E-state index < -0.39 is 27.8 Å². The minimum atomic E-state index is -3.68. The summed E-state index contributed by atoms with van der Waals surface area (Å²) in [5.41, 5.74) is 0.495. The Labute approximate surface area is 157 Å². The second kappa shape index (κ2) is 7.87. The molecule has 1 atom stereocenters. The van der Waals surface area contributed by atoms with E-state index in [2.05, 4.69) is 15.0 Å². The molecule has 0 saturated heterocycles. The van der Waals surface area contributed by atoms with Gasteiger partial charge in [-0.2, -0.15) is 0 Å². The molecule has 0 saturated carbocycles. The molecule has 2 aromatic carbocycles. The highest BCUT2D eigenvalue weighted by Gasteiger charge is 2.31. The van der Waals surface area contributed by atoms with E-state index in [0.29, 0.717) is 12.0 Å². The van der Waals surface area contributed by atoms with Gasteiger partial charge >= 0.3 is 0 Å². The standard InChI is InChI=1S/C19H20FN3O3S/c1-2-3-10-16(19(24)22-15-11-6-5-9-14(15)20)21-18-13-8-4-7-12-17(13)27(25,26)23-18/h4-9,11-12,16H,2-3,10H2,1H3,(H,21,23)(H,22,24). The zero-order valence-electron chi connectivity index (χ0n) is 14.8. The highest BCUT2D eigenvalue weighted by Crippen LogP contribution is 2.23. The number of aliphatic imine (C=N–C) groups is 1. The summed E-state index contributed by atoms with van der Waals surface area (Å²) in [4.78, 5) is 17.2. The van der Waals surface area contributed by atoms with Crippen LogP contribution in [0.1, 0.15) is 31.7 Å². The molecule has 0 spiro atoms. The van der Waals surface area contributed by atoms with Crippen LogP contribution in [0.25, 0.3) is 0 Å². The molecule has 1 aliphatic heterocycles. The topological polar surface area (TPSA) is 87.6 Å². The van der Waals surface area contributed by atoms with Crippen LogP contribution in [0.5, 0.6) is 0 Å². The van der Waals surface area contributed by atoms with Crippen molar-refractivity contribution in [3.8, 4) is 0 Å². The lowest BCUT2D eigenvalue weighted by atomic mass is 10.1. The van der Waals surface area contributed by atoms with Crippen LogP contribution in [0, 0.1) is 5.82 Å². The van der Waals surface area contributed by atoms with E-state index in [9.17, 15) is 17.6 Å². The first-order valence-electron chi connectivity index (χ1n) is 8.68. The predicted molar refractivity (Wildman–Crippen MR) is 102 cm³/mol. The van der Waals surface area contributed by atoms with Gasteiger partial charge in [0, 0.05) is 5.56 Å². The van der Waals surface area contributed by atoms with Gasteiger partial charge in [-0.1, -0.05) is 44.0 Å². The van der Waals surface area contributed by atoms with Gasteiger partial charge in [-0.25, -0.2) is 12.8 Å². The smallest absolute Gasteiger partial charge is 0.263 e. The molecule has 1 heterocycles. The lowest BCUT2D eigenvalue weighted by molar-refractivity contribution is -0.117. The second-order valence-electron chi connectivity index (χ2n) is 6.21. The molecular weight excluding hydrogens is 369 g/mol. The number of unbranched alkanes of at least 4 members (excludes halogenated alkanes) is 1. The molecule has 1 aliphatic rings. The lowest BCUT2D eigenvalue weighted by Gasteiger charge is -2.14. The number of hydrogen-bond acceptors (Lipinski definition) is 4. The summed E-state index contributed by atoms with van der Waals surface area (Å²) in [5, 5.41) is 2.54. The fraction of sp³-hybridized carbons (Fsp3) is 0.263. The molecule has 142 valence electrons. The Kier molecular flexibility index (Phi) is 5.55. The van der Waals surface area contributed by atoms with Crippen LogP contribution in [0.2, 0.25) is 0 Å². The third kappa shape index (κ3) is 4.16. The molecule has 0 radical (unpaired) electrons. The first-order chi connectivity index (χ1) is 12.9. The third-order valence-electron chi connectivity index (χ3n) is 4.21. The Morgan fingerprint density at radius 1 is 1.19 bits per heavy atom. The maximum atomic E-state index is 13.8. The van der Waals surface area contributed by atoms with Gasteiger partial charge < -0.3 is 5.32 Å². The Morgan fingerprint density at radius 2 is 1.89 bits per heavy atom. The minimum Gasteiger partial charge on any atom is -0.322 e. The molecule has 1 amide bonds. The van der Waals surface area contributed by atoms with Crippen molar-refractivity contribution in [3.63, 3.8) is 0 Å². The molecule has 27 heavy (non-hydrogen) atoms. The van der Waals surface area contributed by atoms with Crippen molar-refractivity contribution >= 4 is 27.5 Å². The summed E-state index contributed by atoms with van der Waals surface area (Å²) in [6.07, 6.45) is 1.99. The maximum Gasteiger partial charge on any atom is 0.263 e. The summed E-state index contributed by atoms with van der Waals surface area (Å²) >= 11 is 0. The van der Waals surface area contributed by atoms with Gasteiger partial charge in [0.15, 0.2) is 0 Å². The van der Waals surface area contributed by atoms with Crippen molar-refractivity contribution in [1.82, 2.24) is 4.72 Å². The van der Waals surface area contributed by atoms with Crippen molar-refractivity contribution in [2.45, 2.75) is 37.1 Å². The van der Waals surface area contributed by atoms with Gasteiger partial charge in [-0.05, 0) is 30.7 Å². The molecule has 6 nitrogen and oxygen atoms in total. The Hall–Kier alpha value is -2.74. The number of nitrogens with one attached hydrogen (secondary N) is 2. The van der Waals surface area contributed by atoms with E-state index in [1.807, 2.05) is 6.92 Å². The molecular formula is C19H20FN3O3S. The number of amidine groups is 1. The summed E-state index contributed by atoms with van der Waals surface area (Å²) in [6, 6.07) is 11.5. The molecule has 1 unspecified atom stereocenters. The molecule has 0 fully saturated rings. The van der Waals surface area contributed by atoms with Gasteiger partial charge in [0.1, 0.15) is 17.7 Å². The van der Waals surface area contributed by atoms with Gasteiger partial charge in [-0.15, -0.1) is 0 Å². The van der Waals surface area contributed by atoms with Crippen molar-refractivity contribution in [1.29, 1.82) is 0 Å². The number of rotatable bonds is 6. The minimum absolute atomic E-state index is 0.0663. The van der Waals surface area contributed by atoms with E-state index >= 15 is 0 Å². The summed E-state index contributed by atoms with van der Waals surface area (Å²) in [7, 11) is -3.68. The maximum absolute atomic E-state index is 13.8. The number of carbonyl (C=O) groups is 1. The number of fused-ring (bicyclic) bond motifs is 1. The SMILES string of the molecule is CCCCC(N=C1NS(=O)(=O)c2ccccc21)C(=O)Nc1ccccc1F. The van der Waals surface area contributed by atoms with Crippen LogP contribution in [0.15, 0.2) is 58.4 Å². The summed E-state index contributed by atoms with van der Waals surface area (Å²) in [5.74, 6) is -0.889. The highest BCUT2D eigenvalue weighted by atomic mass is 32.2. The van der Waals surface area contributed by atoms with E-state index in [-0.39, 0.29) is 16.4 Å². The number of nitrogens with zero attached hydrogens (tertiary/aromatic N) is 1. The fourth-order valence-electron chi connectivity index (χ4n) is 2.82. The van der Waals surface area contributed by atoms with Crippen LogP contribution in [0.4, 0.5) is 10.1 Å². The number of benzene rings is 2. The largest absolute Gasteiger partial charge is 0.322 e. The molecule has 2 N–H and O–H groups in total. The number of hydrogen-bond donors (Lipinski definition) is 2. The van der Waals surface area contributed by atoms with Gasteiger partial charge in [0.25, 0.3) is 10.0 Å². The number of anilines is 1. The van der Waals surface area contributed by atoms with E-state index in [0.717, 1.165) is 12.8 Å². The van der Waals surface area contributed by atoms with Crippen LogP contribution < -0.4 is 10.0 Å². The first-order valence-corrected chi connectivity index (χ1v) is 10.2. The van der Waals surface area contributed by atoms with Crippen molar-refractivity contribution in [2.75, 3.05) is 5.32 Å². The number of para-hydroxylation sites is 1. The van der Waals surface area contributed by atoms with Gasteiger partial charge in [0.2, 0.25) is 5.91 Å². The molecule has 8 heteroatoms. The Morgan fingerprint density at radius 3 is 2.63 bits per heavy atom. The van der Waals surface area contributed by atoms with Crippen LogP contribution >= 0.6 is 0 Å². The van der Waals surface area contributed by atoms with Crippen LogP contribution in [-0.2, 0) is 14.8 Å². The van der Waals surface area contributed by atoms with Crippen LogP contribution in [-0.4, -0.2) is 26.2 Å². The third-order valence-corrected chi connectivity index (χ3v) is 5.61. The molecule has 2 aromatic rings. The van der Waals surface area contributed by atoms with Crippen molar-refractivity contribution in [2.24, 2.45) is 4.99 Å². The fourth-order valence-corrected chi connectivity index (χ4v) is 4.06. The lowest BCUT2D eigenvalue weighted by Crippen LogP contribution is -2.31. The number of amides is 1. The van der Waals surface area contributed by atoms with Crippen LogP contribution in [0.3, 0.4) is 0 Å². The first kappa shape index (κ1) is 19.0. The van der Waals surface area contributed by atoms with E-state index in [1.165, 1.54) is 24.3 Å². The van der Waals surface area contributed by atoms with E-state index in [4.69, 9.17) is 0 Å². The predicted octanol–water partition coefficient (Wildman–Crippen LogP) is 3.06. The van der Waals surface area contributed by atoms with Crippen molar-refractivity contribution in [3.05, 3.63) is 59.9 Å². The van der Waals surface area contributed by atoms with E-state index in [1.54, 1.807) is 24.3 Å². The average Bonchev–Trinajstić information content (AvgIpc) is 2.91. The monoisotopic (exact) mass is 389 g/mol. The zero-order chi connectivity index (χ0) is 19.4. The average molecular weight is 389 g/mol. The quantitative estimate of drug-likeness (QED) is 0.796. The number of sulfonamides is 1. The van der Waals surface area contributed by atoms with Crippen molar-refractivity contribution < 1.29 is 17.6 Å².